The molecule has 2 aliphatic heterocycles. The third-order valence-corrected chi connectivity index (χ3v) is 8.63. The van der Waals surface area contributed by atoms with E-state index in [0.29, 0.717) is 51.6 Å². The molecule has 4 aromatic rings. The zero-order valence-electron chi connectivity index (χ0n) is 25.1. The number of piperazine rings is 1. The molecule has 0 unspecified atom stereocenters. The number of benzene rings is 2. The van der Waals surface area contributed by atoms with Gasteiger partial charge < -0.3 is 25.1 Å². The van der Waals surface area contributed by atoms with E-state index in [1.807, 2.05) is 11.9 Å². The van der Waals surface area contributed by atoms with E-state index < -0.39 is 17.2 Å². The van der Waals surface area contributed by atoms with Crippen LogP contribution in [0.25, 0.3) is 32.9 Å². The molecule has 6 rings (SSSR count). The van der Waals surface area contributed by atoms with Gasteiger partial charge in [0.1, 0.15) is 22.8 Å². The first-order valence-electron chi connectivity index (χ1n) is 14.8. The Morgan fingerprint density at radius 2 is 1.93 bits per heavy atom. The zero-order chi connectivity index (χ0) is 30.5. The Bertz CT molecular complexity index is 1730. The van der Waals surface area contributed by atoms with Crippen LogP contribution < -0.4 is 15.1 Å². The highest BCUT2D eigenvalue weighted by atomic mass is 19.1. The molecule has 2 fully saturated rings. The van der Waals surface area contributed by atoms with Crippen LogP contribution in [0.4, 0.5) is 20.5 Å². The Morgan fingerprint density at radius 1 is 1.16 bits per heavy atom. The Kier molecular flexibility index (Phi) is 7.67. The SMILES string of the molecule is C#Cc1c(F)ccc2cc(C(C)(C)O)cc(-c3ncc4c(N(C)C[C@@H]5CCCN5)nc(N5CCN(C)CC5)nc4c3F)c12. The van der Waals surface area contributed by atoms with Crippen molar-refractivity contribution >= 4 is 33.4 Å². The lowest BCUT2D eigenvalue weighted by atomic mass is 9.89. The maximum atomic E-state index is 16.9. The molecular weight excluding hydrogens is 548 g/mol. The van der Waals surface area contributed by atoms with Gasteiger partial charge in [-0.05, 0) is 69.4 Å². The van der Waals surface area contributed by atoms with Crippen molar-refractivity contribution < 1.29 is 13.9 Å². The first-order valence-corrected chi connectivity index (χ1v) is 14.8. The van der Waals surface area contributed by atoms with Gasteiger partial charge in [-0.2, -0.15) is 4.98 Å². The molecule has 4 heterocycles. The molecule has 2 saturated heterocycles. The molecule has 0 amide bonds. The number of aliphatic hydroxyl groups is 1. The van der Waals surface area contributed by atoms with Crippen LogP contribution in [0.1, 0.15) is 37.8 Å². The third kappa shape index (κ3) is 5.49. The summed E-state index contributed by atoms with van der Waals surface area (Å²) in [6, 6.07) is 6.57. The van der Waals surface area contributed by atoms with Crippen LogP contribution in [-0.2, 0) is 5.60 Å². The van der Waals surface area contributed by atoms with Crippen LogP contribution >= 0.6 is 0 Å². The van der Waals surface area contributed by atoms with E-state index in [2.05, 4.69) is 33.1 Å². The molecular formula is C33H37F2N7O. The molecule has 10 heteroatoms. The molecule has 0 bridgehead atoms. The molecule has 1 atom stereocenters. The summed E-state index contributed by atoms with van der Waals surface area (Å²) in [4.78, 5) is 20.7. The fourth-order valence-electron chi connectivity index (χ4n) is 6.11. The molecule has 224 valence electrons. The summed E-state index contributed by atoms with van der Waals surface area (Å²) in [7, 11) is 4.03. The quantitative estimate of drug-likeness (QED) is 0.325. The van der Waals surface area contributed by atoms with Gasteiger partial charge in [0.25, 0.3) is 0 Å². The summed E-state index contributed by atoms with van der Waals surface area (Å²) in [6.07, 6.45) is 9.53. The second-order valence-electron chi connectivity index (χ2n) is 12.2. The molecule has 2 aromatic carbocycles. The average molecular weight is 586 g/mol. The number of nitrogens with one attached hydrogen (secondary N) is 1. The molecule has 2 aromatic heterocycles. The third-order valence-electron chi connectivity index (χ3n) is 8.63. The molecule has 0 aliphatic carbocycles. The van der Waals surface area contributed by atoms with Crippen molar-refractivity contribution in [3.8, 4) is 23.6 Å². The number of pyridine rings is 1. The molecule has 0 saturated carbocycles. The van der Waals surface area contributed by atoms with Gasteiger partial charge in [-0.3, -0.25) is 4.98 Å². The van der Waals surface area contributed by atoms with E-state index in [1.54, 1.807) is 38.2 Å². The summed E-state index contributed by atoms with van der Waals surface area (Å²) in [5.74, 6) is 2.28. The van der Waals surface area contributed by atoms with Gasteiger partial charge in [0.2, 0.25) is 5.95 Å². The van der Waals surface area contributed by atoms with Gasteiger partial charge in [-0.1, -0.05) is 12.0 Å². The van der Waals surface area contributed by atoms with Crippen molar-refractivity contribution in [1.29, 1.82) is 0 Å². The number of hydrogen-bond acceptors (Lipinski definition) is 8. The Labute approximate surface area is 250 Å². The van der Waals surface area contributed by atoms with E-state index in [0.717, 1.165) is 45.6 Å². The summed E-state index contributed by atoms with van der Waals surface area (Å²) < 4.78 is 31.8. The second-order valence-corrected chi connectivity index (χ2v) is 12.2. The summed E-state index contributed by atoms with van der Waals surface area (Å²) >= 11 is 0. The monoisotopic (exact) mass is 585 g/mol. The largest absolute Gasteiger partial charge is 0.386 e. The topological polar surface area (TPSA) is 80.7 Å². The van der Waals surface area contributed by atoms with Gasteiger partial charge in [0.15, 0.2) is 5.82 Å². The van der Waals surface area contributed by atoms with Crippen LogP contribution in [-0.4, -0.2) is 84.4 Å². The minimum absolute atomic E-state index is 0.0141. The van der Waals surface area contributed by atoms with Crippen LogP contribution in [0.5, 0.6) is 0 Å². The van der Waals surface area contributed by atoms with Crippen LogP contribution in [0.15, 0.2) is 30.5 Å². The predicted octanol–water partition coefficient (Wildman–Crippen LogP) is 4.27. The fraction of sp³-hybridized carbons (Fsp3) is 0.424. The molecule has 43 heavy (non-hydrogen) atoms. The average Bonchev–Trinajstić information content (AvgIpc) is 3.49. The van der Waals surface area contributed by atoms with Gasteiger partial charge in [0.05, 0.1) is 16.6 Å². The number of terminal acetylenes is 1. The number of anilines is 2. The summed E-state index contributed by atoms with van der Waals surface area (Å²) in [6.45, 7) is 8.11. The highest BCUT2D eigenvalue weighted by Crippen LogP contribution is 2.39. The highest BCUT2D eigenvalue weighted by Gasteiger charge is 2.27. The van der Waals surface area contributed by atoms with E-state index in [1.165, 1.54) is 6.07 Å². The van der Waals surface area contributed by atoms with Gasteiger partial charge in [-0.25, -0.2) is 13.8 Å². The van der Waals surface area contributed by atoms with Crippen molar-refractivity contribution in [2.24, 2.45) is 0 Å². The Morgan fingerprint density at radius 3 is 2.60 bits per heavy atom. The fourth-order valence-corrected chi connectivity index (χ4v) is 6.11. The van der Waals surface area contributed by atoms with Crippen molar-refractivity contribution in [1.82, 2.24) is 25.2 Å². The zero-order valence-corrected chi connectivity index (χ0v) is 25.1. The number of halogens is 2. The lowest BCUT2D eigenvalue weighted by molar-refractivity contribution is 0.0788. The minimum atomic E-state index is -1.25. The number of likely N-dealkylation sites (N-methyl/N-ethyl adjacent to an activating group) is 2. The maximum absolute atomic E-state index is 16.9. The van der Waals surface area contributed by atoms with E-state index in [-0.39, 0.29) is 16.8 Å². The van der Waals surface area contributed by atoms with Crippen molar-refractivity contribution in [2.75, 3.05) is 63.2 Å². The molecule has 8 nitrogen and oxygen atoms in total. The Hall–Kier alpha value is -3.91. The van der Waals surface area contributed by atoms with Crippen LogP contribution in [0.3, 0.4) is 0 Å². The lowest BCUT2D eigenvalue weighted by Crippen LogP contribution is -2.45. The second kappa shape index (κ2) is 11.3. The van der Waals surface area contributed by atoms with Crippen molar-refractivity contribution in [3.05, 3.63) is 53.2 Å². The smallest absolute Gasteiger partial charge is 0.228 e. The van der Waals surface area contributed by atoms with Crippen molar-refractivity contribution in [3.63, 3.8) is 0 Å². The van der Waals surface area contributed by atoms with E-state index in [4.69, 9.17) is 16.4 Å². The molecule has 0 radical (unpaired) electrons. The first-order chi connectivity index (χ1) is 20.5. The predicted molar refractivity (Wildman–Crippen MR) is 167 cm³/mol. The number of aromatic nitrogens is 3. The standard InChI is InChI=1S/C33H37F2N7O/c1-6-23-26(34)10-9-20-16-21(33(2,3)43)17-24(27(20)23)29-28(35)30-25(18-37-29)31(41(5)19-22-8-7-11-36-22)39-32(38-30)42-14-12-40(4)13-15-42/h1,9-10,16-18,22,36,43H,7-8,11-15,19H2,2-5H3/t22-/m0/s1. The number of nitrogens with zero attached hydrogens (tertiary/aromatic N) is 6. The summed E-state index contributed by atoms with van der Waals surface area (Å²) in [5.41, 5.74) is -0.290. The molecule has 0 spiro atoms. The number of rotatable bonds is 6. The first kappa shape index (κ1) is 29.2. The molecule has 2 aliphatic rings. The van der Waals surface area contributed by atoms with Crippen LogP contribution in [0.2, 0.25) is 0 Å². The van der Waals surface area contributed by atoms with Gasteiger partial charge >= 0.3 is 0 Å². The van der Waals surface area contributed by atoms with E-state index in [9.17, 15) is 9.50 Å². The number of fused-ring (bicyclic) bond motifs is 2. The lowest BCUT2D eigenvalue weighted by Gasteiger charge is -2.33. The van der Waals surface area contributed by atoms with Crippen molar-refractivity contribution in [2.45, 2.75) is 38.3 Å². The van der Waals surface area contributed by atoms with Gasteiger partial charge in [-0.15, -0.1) is 6.42 Å². The summed E-state index contributed by atoms with van der Waals surface area (Å²) in [5, 5.41) is 15.8. The molecule has 2 N–H and O–H groups in total. The Balaban J connectivity index is 1.58. The minimum Gasteiger partial charge on any atom is -0.386 e. The van der Waals surface area contributed by atoms with E-state index >= 15 is 4.39 Å². The van der Waals surface area contributed by atoms with Crippen LogP contribution in [0, 0.1) is 24.0 Å². The normalized spacial score (nSPS) is 18.0. The highest BCUT2D eigenvalue weighted by molar-refractivity contribution is 6.02. The number of hydrogen-bond donors (Lipinski definition) is 2. The van der Waals surface area contributed by atoms with Gasteiger partial charge in [0, 0.05) is 63.0 Å². The maximum Gasteiger partial charge on any atom is 0.228 e.